The summed E-state index contributed by atoms with van der Waals surface area (Å²) in [5.74, 6) is 1.08. The Balaban J connectivity index is 2.22. The molecule has 0 N–H and O–H groups in total. The summed E-state index contributed by atoms with van der Waals surface area (Å²) in [7, 11) is -2.56. The predicted octanol–water partition coefficient (Wildman–Crippen LogP) is 3.10. The van der Waals surface area contributed by atoms with Gasteiger partial charge in [-0.2, -0.15) is 0 Å². The summed E-state index contributed by atoms with van der Waals surface area (Å²) in [5.41, 5.74) is 0. The van der Waals surface area contributed by atoms with Gasteiger partial charge in [0.25, 0.3) is 0 Å². The summed E-state index contributed by atoms with van der Waals surface area (Å²) < 4.78 is 26.9. The van der Waals surface area contributed by atoms with Crippen molar-refractivity contribution in [1.82, 2.24) is 0 Å². The number of halogens is 1. The van der Waals surface area contributed by atoms with Crippen LogP contribution >= 0.6 is 11.6 Å². The number of hydrogen-bond donors (Lipinski definition) is 1. The SMILES string of the molecule is O=[SH](=O)c1ccc(Oc2ccccc2Cl)cc1. The zero-order valence-electron chi connectivity index (χ0n) is 8.67. The van der Waals surface area contributed by atoms with Crippen LogP contribution in [0.15, 0.2) is 53.4 Å². The number of para-hydroxylation sites is 1. The van der Waals surface area contributed by atoms with Gasteiger partial charge < -0.3 is 4.74 Å². The Labute approximate surface area is 106 Å². The molecule has 3 nitrogen and oxygen atoms in total. The van der Waals surface area contributed by atoms with Crippen molar-refractivity contribution in [3.05, 3.63) is 53.6 Å². The minimum absolute atomic E-state index is 0.256. The molecule has 0 aromatic heterocycles. The first kappa shape index (κ1) is 12.0. The zero-order valence-corrected chi connectivity index (χ0v) is 10.3. The maximum atomic E-state index is 10.7. The molecule has 0 aliphatic heterocycles. The highest BCUT2D eigenvalue weighted by molar-refractivity contribution is 7.72. The third-order valence-corrected chi connectivity index (χ3v) is 3.14. The Morgan fingerprint density at radius 1 is 0.941 bits per heavy atom. The molecule has 17 heavy (non-hydrogen) atoms. The first-order valence-corrected chi connectivity index (χ1v) is 6.39. The fourth-order valence-electron chi connectivity index (χ4n) is 1.29. The Bertz CT molecular complexity index is 583. The number of benzene rings is 2. The van der Waals surface area contributed by atoms with Gasteiger partial charge in [-0.1, -0.05) is 23.7 Å². The maximum absolute atomic E-state index is 10.7. The second kappa shape index (κ2) is 5.21. The standard InChI is InChI=1S/C12H9ClO3S/c13-11-3-1-2-4-12(11)16-9-5-7-10(8-6-9)17(14)15/h1-8,17H. The fraction of sp³-hybridized carbons (Fsp3) is 0. The van der Waals surface area contributed by atoms with Crippen LogP contribution in [-0.2, 0) is 10.7 Å². The van der Waals surface area contributed by atoms with E-state index in [4.69, 9.17) is 16.3 Å². The summed E-state index contributed by atoms with van der Waals surface area (Å²) in [5, 5.41) is 0.506. The molecule has 0 spiro atoms. The molecule has 0 aliphatic rings. The number of rotatable bonds is 3. The highest BCUT2D eigenvalue weighted by atomic mass is 35.5. The molecular formula is C12H9ClO3S. The van der Waals surface area contributed by atoms with Gasteiger partial charge in [-0.3, -0.25) is 0 Å². The molecule has 2 aromatic rings. The zero-order chi connectivity index (χ0) is 12.3. The Hall–Kier alpha value is -1.52. The van der Waals surface area contributed by atoms with Crippen LogP contribution in [0.5, 0.6) is 11.5 Å². The summed E-state index contributed by atoms with van der Waals surface area (Å²) in [4.78, 5) is 0.256. The van der Waals surface area contributed by atoms with Crippen LogP contribution in [0.2, 0.25) is 5.02 Å². The Kier molecular flexibility index (Phi) is 3.66. The third kappa shape index (κ3) is 2.99. The van der Waals surface area contributed by atoms with Gasteiger partial charge >= 0.3 is 0 Å². The van der Waals surface area contributed by atoms with Crippen molar-refractivity contribution in [2.75, 3.05) is 0 Å². The summed E-state index contributed by atoms with van der Waals surface area (Å²) in [6.45, 7) is 0. The van der Waals surface area contributed by atoms with E-state index in [1.807, 2.05) is 6.07 Å². The average molecular weight is 269 g/mol. The van der Waals surface area contributed by atoms with E-state index in [-0.39, 0.29) is 4.90 Å². The topological polar surface area (TPSA) is 43.4 Å². The molecule has 0 aliphatic carbocycles. The predicted molar refractivity (Wildman–Crippen MR) is 66.5 cm³/mol. The van der Waals surface area contributed by atoms with Crippen LogP contribution in [0.4, 0.5) is 0 Å². The number of thiol groups is 1. The monoisotopic (exact) mass is 268 g/mol. The lowest BCUT2D eigenvalue weighted by atomic mass is 10.3. The van der Waals surface area contributed by atoms with Crippen LogP contribution in [0.25, 0.3) is 0 Å². The first-order valence-electron chi connectivity index (χ1n) is 4.83. The molecule has 0 unspecified atom stereocenters. The van der Waals surface area contributed by atoms with E-state index < -0.39 is 10.7 Å². The minimum atomic E-state index is -2.56. The van der Waals surface area contributed by atoms with Gasteiger partial charge in [-0.25, -0.2) is 8.42 Å². The second-order valence-electron chi connectivity index (χ2n) is 3.28. The quantitative estimate of drug-likeness (QED) is 0.870. The molecule has 0 amide bonds. The van der Waals surface area contributed by atoms with E-state index in [2.05, 4.69) is 0 Å². The largest absolute Gasteiger partial charge is 0.456 e. The smallest absolute Gasteiger partial charge is 0.168 e. The molecule has 2 aromatic carbocycles. The Morgan fingerprint density at radius 3 is 2.18 bits per heavy atom. The summed E-state index contributed by atoms with van der Waals surface area (Å²) in [6.07, 6.45) is 0. The van der Waals surface area contributed by atoms with E-state index in [0.717, 1.165) is 0 Å². The van der Waals surface area contributed by atoms with Gasteiger partial charge in [0.05, 0.1) is 9.92 Å². The van der Waals surface area contributed by atoms with Crippen molar-refractivity contribution in [2.24, 2.45) is 0 Å². The lowest BCUT2D eigenvalue weighted by molar-refractivity contribution is 0.482. The molecule has 0 atom stereocenters. The number of ether oxygens (including phenoxy) is 1. The van der Waals surface area contributed by atoms with Crippen molar-refractivity contribution in [3.63, 3.8) is 0 Å². The highest BCUT2D eigenvalue weighted by Gasteiger charge is 2.02. The molecular weight excluding hydrogens is 260 g/mol. The van der Waals surface area contributed by atoms with Crippen molar-refractivity contribution in [3.8, 4) is 11.5 Å². The molecule has 0 radical (unpaired) electrons. The van der Waals surface area contributed by atoms with Crippen LogP contribution in [0.3, 0.4) is 0 Å². The van der Waals surface area contributed by atoms with Crippen molar-refractivity contribution >= 4 is 22.3 Å². The van der Waals surface area contributed by atoms with E-state index in [1.54, 1.807) is 30.3 Å². The highest BCUT2D eigenvalue weighted by Crippen LogP contribution is 2.28. The third-order valence-electron chi connectivity index (χ3n) is 2.11. The van der Waals surface area contributed by atoms with Crippen LogP contribution in [0, 0.1) is 0 Å². The molecule has 0 bridgehead atoms. The van der Waals surface area contributed by atoms with Crippen LogP contribution < -0.4 is 4.74 Å². The number of hydrogen-bond acceptors (Lipinski definition) is 3. The molecule has 0 heterocycles. The van der Waals surface area contributed by atoms with Gasteiger partial charge in [-0.05, 0) is 36.4 Å². The lowest BCUT2D eigenvalue weighted by Crippen LogP contribution is -1.86. The van der Waals surface area contributed by atoms with Gasteiger partial charge in [0.15, 0.2) is 10.7 Å². The second-order valence-corrected chi connectivity index (χ2v) is 4.72. The van der Waals surface area contributed by atoms with Crippen molar-refractivity contribution in [2.45, 2.75) is 4.90 Å². The summed E-state index contributed by atoms with van der Waals surface area (Å²) in [6, 6.07) is 13.2. The van der Waals surface area contributed by atoms with E-state index >= 15 is 0 Å². The molecule has 0 saturated carbocycles. The first-order chi connectivity index (χ1) is 8.16. The van der Waals surface area contributed by atoms with Crippen LogP contribution in [0.1, 0.15) is 0 Å². The van der Waals surface area contributed by atoms with Crippen LogP contribution in [-0.4, -0.2) is 8.42 Å². The van der Waals surface area contributed by atoms with E-state index in [1.165, 1.54) is 12.1 Å². The minimum Gasteiger partial charge on any atom is -0.456 e. The average Bonchev–Trinajstić information content (AvgIpc) is 2.33. The molecule has 0 fully saturated rings. The normalized spacial score (nSPS) is 10.5. The van der Waals surface area contributed by atoms with Crippen molar-refractivity contribution < 1.29 is 13.2 Å². The van der Waals surface area contributed by atoms with Crippen molar-refractivity contribution in [1.29, 1.82) is 0 Å². The van der Waals surface area contributed by atoms with Gasteiger partial charge in [-0.15, -0.1) is 0 Å². The molecule has 0 saturated heterocycles. The molecule has 88 valence electrons. The van der Waals surface area contributed by atoms with Gasteiger partial charge in [0.2, 0.25) is 0 Å². The van der Waals surface area contributed by atoms with Gasteiger partial charge in [0, 0.05) is 0 Å². The van der Waals surface area contributed by atoms with E-state index in [0.29, 0.717) is 16.5 Å². The van der Waals surface area contributed by atoms with E-state index in [9.17, 15) is 8.42 Å². The lowest BCUT2D eigenvalue weighted by Gasteiger charge is -2.06. The molecule has 2 rings (SSSR count). The summed E-state index contributed by atoms with van der Waals surface area (Å²) >= 11 is 5.93. The molecule has 5 heteroatoms. The van der Waals surface area contributed by atoms with Gasteiger partial charge in [0.1, 0.15) is 11.5 Å². The fourth-order valence-corrected chi connectivity index (χ4v) is 1.86. The maximum Gasteiger partial charge on any atom is 0.168 e. The Morgan fingerprint density at radius 2 is 1.59 bits per heavy atom.